The normalized spacial score (nSPS) is 30.4. The number of nitrogens with one attached hydrogen (secondary N) is 1. The molecule has 3 rings (SSSR count). The minimum absolute atomic E-state index is 0.0262. The van der Waals surface area contributed by atoms with Crippen molar-refractivity contribution in [2.75, 3.05) is 0 Å². The fourth-order valence-electron chi connectivity index (χ4n) is 4.00. The predicted molar refractivity (Wildman–Crippen MR) is 75.9 cm³/mol. The molecular weight excluding hydrogens is 252 g/mol. The van der Waals surface area contributed by atoms with E-state index < -0.39 is 5.54 Å². The predicted octanol–water partition coefficient (Wildman–Crippen LogP) is 1.95. The molecule has 2 aliphatic carbocycles. The van der Waals surface area contributed by atoms with Crippen LogP contribution >= 0.6 is 0 Å². The number of carbonyl (C=O) groups is 1. The van der Waals surface area contributed by atoms with E-state index in [1.807, 2.05) is 13.8 Å². The van der Waals surface area contributed by atoms with Gasteiger partial charge >= 0.3 is 0 Å². The van der Waals surface area contributed by atoms with Crippen molar-refractivity contribution in [3.05, 3.63) is 12.7 Å². The molecule has 5 nitrogen and oxygen atoms in total. The fourth-order valence-corrected chi connectivity index (χ4v) is 4.00. The van der Waals surface area contributed by atoms with E-state index in [1.165, 1.54) is 32.0 Å². The van der Waals surface area contributed by atoms with Gasteiger partial charge in [-0.25, -0.2) is 9.67 Å². The molecule has 0 radical (unpaired) electrons. The van der Waals surface area contributed by atoms with Gasteiger partial charge in [-0.05, 0) is 57.8 Å². The van der Waals surface area contributed by atoms with Gasteiger partial charge in [-0.15, -0.1) is 0 Å². The Hall–Kier alpha value is -1.39. The van der Waals surface area contributed by atoms with Gasteiger partial charge in [0.1, 0.15) is 18.2 Å². The quantitative estimate of drug-likeness (QED) is 0.914. The third-order valence-electron chi connectivity index (χ3n) is 5.34. The van der Waals surface area contributed by atoms with Crippen molar-refractivity contribution in [3.63, 3.8) is 0 Å². The van der Waals surface area contributed by atoms with Crippen LogP contribution in [0.15, 0.2) is 12.7 Å². The highest BCUT2D eigenvalue weighted by Crippen LogP contribution is 2.49. The van der Waals surface area contributed by atoms with Crippen molar-refractivity contribution in [1.29, 1.82) is 0 Å². The molecule has 0 saturated heterocycles. The Labute approximate surface area is 120 Å². The van der Waals surface area contributed by atoms with Gasteiger partial charge in [0.2, 0.25) is 5.91 Å². The van der Waals surface area contributed by atoms with Crippen LogP contribution in [0.4, 0.5) is 0 Å². The minimum atomic E-state index is -0.692. The Morgan fingerprint density at radius 3 is 2.75 bits per heavy atom. The number of nitrogens with zero attached hydrogens (tertiary/aromatic N) is 3. The standard InChI is InChI=1S/C15H24N4O/c1-10(13-7-11-4-5-12(13)6-11)18-14(20)15(2,3)19-9-16-8-17-19/h8-13H,4-7H2,1-3H3,(H,18,20)/t10-,11+,12+,13+/m0/s1. The molecule has 0 unspecified atom stereocenters. The third-order valence-corrected chi connectivity index (χ3v) is 5.34. The molecule has 4 atom stereocenters. The van der Waals surface area contributed by atoms with Crippen molar-refractivity contribution in [2.24, 2.45) is 17.8 Å². The summed E-state index contributed by atoms with van der Waals surface area (Å²) < 4.78 is 1.62. The van der Waals surface area contributed by atoms with E-state index in [0.29, 0.717) is 5.92 Å². The molecule has 5 heteroatoms. The van der Waals surface area contributed by atoms with Gasteiger partial charge in [-0.1, -0.05) is 6.42 Å². The molecule has 0 aromatic carbocycles. The molecule has 0 spiro atoms. The van der Waals surface area contributed by atoms with Crippen LogP contribution in [0.5, 0.6) is 0 Å². The Kier molecular flexibility index (Phi) is 3.30. The van der Waals surface area contributed by atoms with E-state index in [1.54, 1.807) is 11.0 Å². The first kappa shape index (κ1) is 13.6. The molecule has 2 saturated carbocycles. The second-order valence-electron chi connectivity index (χ2n) is 7.00. The Morgan fingerprint density at radius 2 is 2.20 bits per heavy atom. The molecule has 1 N–H and O–H groups in total. The van der Waals surface area contributed by atoms with Crippen LogP contribution in [0.1, 0.15) is 46.5 Å². The summed E-state index contributed by atoms with van der Waals surface area (Å²) in [6.45, 7) is 5.91. The summed E-state index contributed by atoms with van der Waals surface area (Å²) in [5.74, 6) is 2.42. The molecule has 1 aromatic rings. The second kappa shape index (κ2) is 4.86. The Bertz CT molecular complexity index is 482. The zero-order chi connectivity index (χ0) is 14.3. The van der Waals surface area contributed by atoms with Gasteiger partial charge in [-0.2, -0.15) is 5.10 Å². The molecule has 0 aliphatic heterocycles. The first-order valence-electron chi connectivity index (χ1n) is 7.64. The van der Waals surface area contributed by atoms with E-state index in [0.717, 1.165) is 11.8 Å². The fraction of sp³-hybridized carbons (Fsp3) is 0.800. The van der Waals surface area contributed by atoms with Crippen LogP contribution in [-0.2, 0) is 10.3 Å². The number of carbonyl (C=O) groups excluding carboxylic acids is 1. The van der Waals surface area contributed by atoms with Gasteiger partial charge in [0.15, 0.2) is 0 Å². The molecule has 2 bridgehead atoms. The van der Waals surface area contributed by atoms with E-state index >= 15 is 0 Å². The number of hydrogen-bond acceptors (Lipinski definition) is 3. The lowest BCUT2D eigenvalue weighted by molar-refractivity contribution is -0.130. The van der Waals surface area contributed by atoms with Crippen molar-refractivity contribution >= 4 is 5.91 Å². The summed E-state index contributed by atoms with van der Waals surface area (Å²) >= 11 is 0. The van der Waals surface area contributed by atoms with Crippen molar-refractivity contribution < 1.29 is 4.79 Å². The maximum absolute atomic E-state index is 12.5. The van der Waals surface area contributed by atoms with Crippen LogP contribution in [0.25, 0.3) is 0 Å². The van der Waals surface area contributed by atoms with Crippen LogP contribution in [0.3, 0.4) is 0 Å². The number of hydrogen-bond donors (Lipinski definition) is 1. The largest absolute Gasteiger partial charge is 0.351 e. The van der Waals surface area contributed by atoms with Crippen LogP contribution in [0.2, 0.25) is 0 Å². The first-order valence-corrected chi connectivity index (χ1v) is 7.64. The summed E-state index contributed by atoms with van der Waals surface area (Å²) in [6, 6.07) is 0.251. The average molecular weight is 276 g/mol. The molecule has 2 aliphatic rings. The van der Waals surface area contributed by atoms with Gasteiger partial charge in [0.05, 0.1) is 0 Å². The summed E-state index contributed by atoms with van der Waals surface area (Å²) in [5, 5.41) is 7.30. The van der Waals surface area contributed by atoms with E-state index in [2.05, 4.69) is 22.3 Å². The molecule has 1 amide bonds. The minimum Gasteiger partial charge on any atom is -0.351 e. The smallest absolute Gasteiger partial charge is 0.247 e. The third kappa shape index (κ3) is 2.23. The lowest BCUT2D eigenvalue weighted by Gasteiger charge is -2.32. The average Bonchev–Trinajstić information content (AvgIpc) is 3.15. The topological polar surface area (TPSA) is 59.8 Å². The number of fused-ring (bicyclic) bond motifs is 2. The maximum Gasteiger partial charge on any atom is 0.247 e. The molecule has 1 aromatic heterocycles. The summed E-state index contributed by atoms with van der Waals surface area (Å²) in [5.41, 5.74) is -0.692. The molecule has 110 valence electrons. The van der Waals surface area contributed by atoms with Crippen LogP contribution in [0, 0.1) is 17.8 Å². The molecule has 20 heavy (non-hydrogen) atoms. The van der Waals surface area contributed by atoms with Gasteiger partial charge < -0.3 is 5.32 Å². The number of rotatable bonds is 4. The molecule has 1 heterocycles. The zero-order valence-electron chi connectivity index (χ0n) is 12.5. The lowest BCUT2D eigenvalue weighted by atomic mass is 9.83. The first-order chi connectivity index (χ1) is 9.48. The maximum atomic E-state index is 12.5. The SMILES string of the molecule is C[C@H](NC(=O)C(C)(C)n1cncn1)[C@H]1C[C@@H]2CC[C@@H]1C2. The summed E-state index contributed by atoms with van der Waals surface area (Å²) in [6.07, 6.45) is 8.47. The van der Waals surface area contributed by atoms with Crippen molar-refractivity contribution in [3.8, 4) is 0 Å². The highest BCUT2D eigenvalue weighted by atomic mass is 16.2. The van der Waals surface area contributed by atoms with Gasteiger partial charge in [0.25, 0.3) is 0 Å². The lowest BCUT2D eigenvalue weighted by Crippen LogP contribution is -2.50. The molecule has 2 fully saturated rings. The van der Waals surface area contributed by atoms with Crippen LogP contribution in [-0.4, -0.2) is 26.7 Å². The Balaban J connectivity index is 1.64. The highest BCUT2D eigenvalue weighted by molar-refractivity contribution is 5.83. The summed E-state index contributed by atoms with van der Waals surface area (Å²) in [7, 11) is 0. The van der Waals surface area contributed by atoms with E-state index in [4.69, 9.17) is 0 Å². The van der Waals surface area contributed by atoms with Crippen LogP contribution < -0.4 is 5.32 Å². The summed E-state index contributed by atoms with van der Waals surface area (Å²) in [4.78, 5) is 16.5. The van der Waals surface area contributed by atoms with Crippen molar-refractivity contribution in [2.45, 2.75) is 58.0 Å². The zero-order valence-corrected chi connectivity index (χ0v) is 12.5. The Morgan fingerprint density at radius 1 is 1.40 bits per heavy atom. The highest BCUT2D eigenvalue weighted by Gasteiger charge is 2.43. The monoisotopic (exact) mass is 276 g/mol. The number of aromatic nitrogens is 3. The van der Waals surface area contributed by atoms with Crippen molar-refractivity contribution in [1.82, 2.24) is 20.1 Å². The van der Waals surface area contributed by atoms with E-state index in [9.17, 15) is 4.79 Å². The second-order valence-corrected chi connectivity index (χ2v) is 7.00. The van der Waals surface area contributed by atoms with Gasteiger partial charge in [0, 0.05) is 6.04 Å². The number of amides is 1. The van der Waals surface area contributed by atoms with E-state index in [-0.39, 0.29) is 11.9 Å². The molecular formula is C15H24N4O. The van der Waals surface area contributed by atoms with Gasteiger partial charge in [-0.3, -0.25) is 4.79 Å².